The van der Waals surface area contributed by atoms with Crippen molar-refractivity contribution in [2.45, 2.75) is 25.9 Å². The van der Waals surface area contributed by atoms with E-state index in [0.717, 1.165) is 0 Å². The molecular formula is C15H29IN6O2. The van der Waals surface area contributed by atoms with Gasteiger partial charge in [0.05, 0.1) is 12.7 Å². The van der Waals surface area contributed by atoms with Crippen LogP contribution >= 0.6 is 24.0 Å². The summed E-state index contributed by atoms with van der Waals surface area (Å²) in [6, 6.07) is 0. The van der Waals surface area contributed by atoms with Crippen LogP contribution in [0.15, 0.2) is 17.4 Å². The minimum Gasteiger partial charge on any atom is -0.383 e. The molecule has 0 aliphatic carbocycles. The van der Waals surface area contributed by atoms with Crippen LogP contribution in [-0.2, 0) is 17.4 Å². The van der Waals surface area contributed by atoms with Gasteiger partial charge < -0.3 is 20.6 Å². The molecule has 1 unspecified atom stereocenters. The van der Waals surface area contributed by atoms with Crippen molar-refractivity contribution in [3.8, 4) is 0 Å². The molecule has 1 rings (SSSR count). The Labute approximate surface area is 160 Å². The van der Waals surface area contributed by atoms with Crippen LogP contribution in [0.2, 0.25) is 0 Å². The third-order valence-electron chi connectivity index (χ3n) is 3.35. The molecule has 0 saturated carbocycles. The number of aryl methyl sites for hydroxylation is 1. The summed E-state index contributed by atoms with van der Waals surface area (Å²) in [5.74, 6) is 0.624. The molecule has 138 valence electrons. The highest BCUT2D eigenvalue weighted by Gasteiger charge is 2.24. The lowest BCUT2D eigenvalue weighted by atomic mass is 10.0. The molecule has 9 heteroatoms. The molecule has 0 aliphatic heterocycles. The van der Waals surface area contributed by atoms with Gasteiger partial charge in [-0.1, -0.05) is 0 Å². The number of carbonyl (C=O) groups is 1. The van der Waals surface area contributed by atoms with Crippen molar-refractivity contribution in [2.24, 2.45) is 12.0 Å². The zero-order valence-electron chi connectivity index (χ0n) is 15.0. The molecule has 24 heavy (non-hydrogen) atoms. The van der Waals surface area contributed by atoms with Gasteiger partial charge in [-0.3, -0.25) is 9.48 Å². The molecular weight excluding hydrogens is 423 g/mol. The Bertz CT molecular complexity index is 542. The van der Waals surface area contributed by atoms with Crippen LogP contribution in [0.25, 0.3) is 0 Å². The van der Waals surface area contributed by atoms with Gasteiger partial charge in [0.1, 0.15) is 5.60 Å². The molecule has 1 amide bonds. The van der Waals surface area contributed by atoms with Gasteiger partial charge in [-0.2, -0.15) is 5.10 Å². The average molecular weight is 452 g/mol. The summed E-state index contributed by atoms with van der Waals surface area (Å²) in [6.45, 7) is 5.03. The number of nitrogens with one attached hydrogen (secondary N) is 2. The molecule has 0 spiro atoms. The zero-order chi connectivity index (χ0) is 17.5. The molecule has 1 aromatic rings. The lowest BCUT2D eigenvalue weighted by Crippen LogP contribution is -2.40. The second kappa shape index (κ2) is 10.5. The van der Waals surface area contributed by atoms with E-state index in [1.54, 1.807) is 50.0 Å². The predicted molar refractivity (Wildman–Crippen MR) is 105 cm³/mol. The first-order chi connectivity index (χ1) is 10.8. The second-order valence-corrected chi connectivity index (χ2v) is 5.84. The van der Waals surface area contributed by atoms with E-state index < -0.39 is 5.60 Å². The van der Waals surface area contributed by atoms with Gasteiger partial charge in [-0.15, -0.1) is 24.0 Å². The SMILES string of the molecule is CCNC(=NCC(C)(O)c1cnn(C)c1)NCCC(=O)N(C)C.I. The monoisotopic (exact) mass is 452 g/mol. The van der Waals surface area contributed by atoms with Gasteiger partial charge in [0.15, 0.2) is 5.96 Å². The first-order valence-corrected chi connectivity index (χ1v) is 7.70. The lowest BCUT2D eigenvalue weighted by molar-refractivity contribution is -0.128. The molecule has 3 N–H and O–H groups in total. The number of aromatic nitrogens is 2. The highest BCUT2D eigenvalue weighted by atomic mass is 127. The number of amides is 1. The second-order valence-electron chi connectivity index (χ2n) is 5.84. The molecule has 1 heterocycles. The normalized spacial score (nSPS) is 13.7. The largest absolute Gasteiger partial charge is 0.383 e. The third-order valence-corrected chi connectivity index (χ3v) is 3.35. The Morgan fingerprint density at radius 1 is 1.46 bits per heavy atom. The number of nitrogens with zero attached hydrogens (tertiary/aromatic N) is 4. The topological polar surface area (TPSA) is 94.8 Å². The molecule has 8 nitrogen and oxygen atoms in total. The fraction of sp³-hybridized carbons (Fsp3) is 0.667. The average Bonchev–Trinajstić information content (AvgIpc) is 2.92. The minimum absolute atomic E-state index is 0. The van der Waals surface area contributed by atoms with E-state index in [1.807, 2.05) is 6.92 Å². The summed E-state index contributed by atoms with van der Waals surface area (Å²) in [4.78, 5) is 17.5. The van der Waals surface area contributed by atoms with Crippen molar-refractivity contribution in [1.82, 2.24) is 25.3 Å². The van der Waals surface area contributed by atoms with Crippen molar-refractivity contribution >= 4 is 35.8 Å². The summed E-state index contributed by atoms with van der Waals surface area (Å²) >= 11 is 0. The Hall–Kier alpha value is -1.36. The molecule has 1 aromatic heterocycles. The zero-order valence-corrected chi connectivity index (χ0v) is 17.4. The maximum Gasteiger partial charge on any atom is 0.223 e. The van der Waals surface area contributed by atoms with Gasteiger partial charge in [-0.25, -0.2) is 4.99 Å². The first kappa shape index (κ1) is 22.6. The van der Waals surface area contributed by atoms with E-state index in [0.29, 0.717) is 31.0 Å². The first-order valence-electron chi connectivity index (χ1n) is 7.70. The van der Waals surface area contributed by atoms with E-state index >= 15 is 0 Å². The number of aliphatic imine (C=N–C) groups is 1. The Balaban J connectivity index is 0.00000529. The van der Waals surface area contributed by atoms with Crippen molar-refractivity contribution in [2.75, 3.05) is 33.7 Å². The maximum atomic E-state index is 11.6. The summed E-state index contributed by atoms with van der Waals surface area (Å²) in [5, 5.41) is 20.8. The molecule has 0 aromatic carbocycles. The smallest absolute Gasteiger partial charge is 0.223 e. The number of rotatable bonds is 7. The van der Waals surface area contributed by atoms with Crippen LogP contribution in [0.1, 0.15) is 25.8 Å². The molecule has 0 saturated heterocycles. The van der Waals surface area contributed by atoms with Crippen molar-refractivity contribution in [3.63, 3.8) is 0 Å². The molecule has 0 bridgehead atoms. The summed E-state index contributed by atoms with van der Waals surface area (Å²) < 4.78 is 1.64. The maximum absolute atomic E-state index is 11.6. The van der Waals surface area contributed by atoms with Crippen molar-refractivity contribution < 1.29 is 9.90 Å². The van der Waals surface area contributed by atoms with Crippen LogP contribution in [0.4, 0.5) is 0 Å². The number of hydrogen-bond donors (Lipinski definition) is 3. The van der Waals surface area contributed by atoms with Crippen LogP contribution in [-0.4, -0.2) is 65.4 Å². The molecule has 0 radical (unpaired) electrons. The molecule has 0 aliphatic rings. The van der Waals surface area contributed by atoms with E-state index in [-0.39, 0.29) is 36.4 Å². The standard InChI is InChI=1S/C15H28N6O2.HI/c1-6-16-14(17-8-7-13(22)20(3)4)18-11-15(2,23)12-9-19-21(5)10-12;/h9-10,23H,6-8,11H2,1-5H3,(H2,16,17,18);1H. The van der Waals surface area contributed by atoms with Gasteiger partial charge in [0.2, 0.25) is 5.91 Å². The summed E-state index contributed by atoms with van der Waals surface area (Å²) in [7, 11) is 5.26. The fourth-order valence-electron chi connectivity index (χ4n) is 1.88. The van der Waals surface area contributed by atoms with Crippen LogP contribution in [0.5, 0.6) is 0 Å². The minimum atomic E-state index is -1.10. The van der Waals surface area contributed by atoms with Crippen molar-refractivity contribution in [1.29, 1.82) is 0 Å². The van der Waals surface area contributed by atoms with Gasteiger partial charge in [-0.05, 0) is 13.8 Å². The van der Waals surface area contributed by atoms with E-state index in [9.17, 15) is 9.90 Å². The number of halogens is 1. The van der Waals surface area contributed by atoms with Crippen LogP contribution < -0.4 is 10.6 Å². The summed E-state index contributed by atoms with van der Waals surface area (Å²) in [5.41, 5.74) is -0.391. The number of guanidine groups is 1. The Morgan fingerprint density at radius 2 is 2.12 bits per heavy atom. The number of carbonyl (C=O) groups excluding carboxylic acids is 1. The van der Waals surface area contributed by atoms with Crippen LogP contribution in [0.3, 0.4) is 0 Å². The van der Waals surface area contributed by atoms with Gasteiger partial charge >= 0.3 is 0 Å². The quantitative estimate of drug-likeness (QED) is 0.314. The van der Waals surface area contributed by atoms with E-state index in [1.165, 1.54) is 0 Å². The van der Waals surface area contributed by atoms with Gasteiger partial charge in [0, 0.05) is 52.4 Å². The predicted octanol–water partition coefficient (Wildman–Crippen LogP) is 0.279. The third kappa shape index (κ3) is 7.47. The number of hydrogen-bond acceptors (Lipinski definition) is 4. The molecule has 0 fully saturated rings. The van der Waals surface area contributed by atoms with Gasteiger partial charge in [0.25, 0.3) is 0 Å². The Morgan fingerprint density at radius 3 is 2.62 bits per heavy atom. The van der Waals surface area contributed by atoms with E-state index in [4.69, 9.17) is 0 Å². The van der Waals surface area contributed by atoms with Crippen molar-refractivity contribution in [3.05, 3.63) is 18.0 Å². The number of aliphatic hydroxyl groups is 1. The molecule has 1 atom stereocenters. The lowest BCUT2D eigenvalue weighted by Gasteiger charge is -2.20. The highest BCUT2D eigenvalue weighted by Crippen LogP contribution is 2.19. The fourth-order valence-corrected chi connectivity index (χ4v) is 1.88. The highest BCUT2D eigenvalue weighted by molar-refractivity contribution is 14.0. The van der Waals surface area contributed by atoms with E-state index in [2.05, 4.69) is 20.7 Å². The summed E-state index contributed by atoms with van der Waals surface area (Å²) in [6.07, 6.45) is 3.79. The Kier molecular flexibility index (Phi) is 9.90. The van der Waals surface area contributed by atoms with Crippen LogP contribution in [0, 0.1) is 0 Å².